The summed E-state index contributed by atoms with van der Waals surface area (Å²) in [5.41, 5.74) is 4.12. The number of benzene rings is 1. The summed E-state index contributed by atoms with van der Waals surface area (Å²) >= 11 is 0. The molecule has 2 heteroatoms. The molecule has 0 spiro atoms. The van der Waals surface area contributed by atoms with Gasteiger partial charge >= 0.3 is 0 Å². The molecule has 19 heavy (non-hydrogen) atoms. The average molecular weight is 262 g/mol. The van der Waals surface area contributed by atoms with E-state index in [0.717, 1.165) is 35.3 Å². The fourth-order valence-corrected chi connectivity index (χ4v) is 2.78. The molecule has 0 bridgehead atoms. The van der Waals surface area contributed by atoms with E-state index in [1.165, 1.54) is 5.56 Å². The minimum atomic E-state index is -0.152. The summed E-state index contributed by atoms with van der Waals surface area (Å²) in [7, 11) is 0. The van der Waals surface area contributed by atoms with Crippen molar-refractivity contribution in [3.05, 3.63) is 22.3 Å². The number of aromatic hydroxyl groups is 1. The lowest BCUT2D eigenvalue weighted by Gasteiger charge is -2.46. The maximum absolute atomic E-state index is 10.2. The van der Waals surface area contributed by atoms with Crippen molar-refractivity contribution in [2.24, 2.45) is 5.41 Å². The Morgan fingerprint density at radius 2 is 1.63 bits per heavy atom. The van der Waals surface area contributed by atoms with Crippen molar-refractivity contribution >= 4 is 0 Å². The summed E-state index contributed by atoms with van der Waals surface area (Å²) < 4.78 is 6.42. The fraction of sp³-hybridized carbons (Fsp3) is 0.647. The van der Waals surface area contributed by atoms with Gasteiger partial charge in [0.25, 0.3) is 0 Å². The zero-order valence-corrected chi connectivity index (χ0v) is 13.3. The van der Waals surface area contributed by atoms with Crippen molar-refractivity contribution in [1.29, 1.82) is 0 Å². The van der Waals surface area contributed by atoms with E-state index in [1.807, 2.05) is 20.8 Å². The molecule has 1 aromatic carbocycles. The molecular formula is C17H26O2. The van der Waals surface area contributed by atoms with Gasteiger partial charge in [0.05, 0.1) is 0 Å². The first-order valence-corrected chi connectivity index (χ1v) is 7.09. The molecule has 0 aromatic heterocycles. The van der Waals surface area contributed by atoms with E-state index >= 15 is 0 Å². The Morgan fingerprint density at radius 3 is 2.16 bits per heavy atom. The van der Waals surface area contributed by atoms with Crippen LogP contribution in [-0.4, -0.2) is 10.7 Å². The fourth-order valence-electron chi connectivity index (χ4n) is 2.78. The van der Waals surface area contributed by atoms with Crippen LogP contribution in [0.1, 0.15) is 56.4 Å². The highest BCUT2D eigenvalue weighted by molar-refractivity contribution is 5.58. The first-order chi connectivity index (χ1) is 8.58. The number of hydrogen-bond acceptors (Lipinski definition) is 2. The largest absolute Gasteiger partial charge is 0.507 e. The lowest BCUT2D eigenvalue weighted by atomic mass is 9.72. The van der Waals surface area contributed by atoms with Gasteiger partial charge in [-0.15, -0.1) is 0 Å². The van der Waals surface area contributed by atoms with E-state index < -0.39 is 0 Å². The van der Waals surface area contributed by atoms with Crippen molar-refractivity contribution in [2.45, 2.75) is 66.9 Å². The number of rotatable bonds is 0. The molecule has 106 valence electrons. The van der Waals surface area contributed by atoms with E-state index in [1.54, 1.807) is 0 Å². The van der Waals surface area contributed by atoms with Gasteiger partial charge in [0, 0.05) is 11.0 Å². The molecule has 2 rings (SSSR count). The molecule has 1 aliphatic rings. The first-order valence-electron chi connectivity index (χ1n) is 7.09. The van der Waals surface area contributed by atoms with Crippen LogP contribution in [0.3, 0.4) is 0 Å². The van der Waals surface area contributed by atoms with Crippen LogP contribution < -0.4 is 4.74 Å². The summed E-state index contributed by atoms with van der Waals surface area (Å²) in [5.74, 6) is 1.43. The summed E-state index contributed by atoms with van der Waals surface area (Å²) in [6.07, 6.45) is 1.97. The standard InChI is InChI=1S/C17H26O2/c1-10-11(2)15-13(12(3)14(10)18)8-9-17(7,19-15)16(4,5)6/h18H,8-9H2,1-7H3. The van der Waals surface area contributed by atoms with Crippen molar-refractivity contribution < 1.29 is 9.84 Å². The van der Waals surface area contributed by atoms with Crippen molar-refractivity contribution in [2.75, 3.05) is 0 Å². The second-order valence-corrected chi connectivity index (χ2v) is 7.11. The monoisotopic (exact) mass is 262 g/mol. The third-order valence-electron chi connectivity index (χ3n) is 5.11. The third kappa shape index (κ3) is 2.01. The predicted octanol–water partition coefficient (Wildman–Crippen LogP) is 4.45. The molecular weight excluding hydrogens is 236 g/mol. The molecule has 1 heterocycles. The van der Waals surface area contributed by atoms with E-state index in [9.17, 15) is 5.11 Å². The molecule has 1 atom stereocenters. The summed E-state index contributed by atoms with van der Waals surface area (Å²) in [4.78, 5) is 0. The molecule has 0 saturated carbocycles. The summed E-state index contributed by atoms with van der Waals surface area (Å²) in [5, 5.41) is 10.2. The minimum absolute atomic E-state index is 0.0941. The topological polar surface area (TPSA) is 29.5 Å². The van der Waals surface area contributed by atoms with Crippen molar-refractivity contribution in [3.63, 3.8) is 0 Å². The van der Waals surface area contributed by atoms with Gasteiger partial charge in [0.2, 0.25) is 0 Å². The number of fused-ring (bicyclic) bond motifs is 1. The highest BCUT2D eigenvalue weighted by Gasteiger charge is 2.43. The molecule has 0 saturated heterocycles. The van der Waals surface area contributed by atoms with Gasteiger partial charge in [0.15, 0.2) is 0 Å². The summed E-state index contributed by atoms with van der Waals surface area (Å²) in [6.45, 7) is 14.9. The zero-order chi connectivity index (χ0) is 14.6. The Bertz CT molecular complexity index is 523. The van der Waals surface area contributed by atoms with E-state index in [4.69, 9.17) is 4.74 Å². The van der Waals surface area contributed by atoms with Gasteiger partial charge in [-0.2, -0.15) is 0 Å². The lowest BCUT2D eigenvalue weighted by molar-refractivity contribution is -0.0340. The van der Waals surface area contributed by atoms with Gasteiger partial charge in [-0.3, -0.25) is 0 Å². The molecule has 2 nitrogen and oxygen atoms in total. The molecule has 0 radical (unpaired) electrons. The van der Waals surface area contributed by atoms with Gasteiger partial charge in [0.1, 0.15) is 17.1 Å². The van der Waals surface area contributed by atoms with Gasteiger partial charge in [-0.1, -0.05) is 20.8 Å². The highest BCUT2D eigenvalue weighted by atomic mass is 16.5. The van der Waals surface area contributed by atoms with Crippen LogP contribution in [0.15, 0.2) is 0 Å². The number of phenols is 1. The SMILES string of the molecule is Cc1c(C)c2c(c(C)c1O)CCC(C)(C(C)(C)C)O2. The Labute approximate surface area is 116 Å². The Balaban J connectivity index is 2.59. The van der Waals surface area contributed by atoms with Gasteiger partial charge in [-0.25, -0.2) is 0 Å². The minimum Gasteiger partial charge on any atom is -0.507 e. The van der Waals surface area contributed by atoms with Gasteiger partial charge < -0.3 is 9.84 Å². The highest BCUT2D eigenvalue weighted by Crippen LogP contribution is 2.47. The first kappa shape index (κ1) is 14.2. The van der Waals surface area contributed by atoms with Gasteiger partial charge in [-0.05, 0) is 57.2 Å². The van der Waals surface area contributed by atoms with E-state index in [0.29, 0.717) is 5.75 Å². The van der Waals surface area contributed by atoms with Crippen LogP contribution in [0.4, 0.5) is 0 Å². The Kier molecular flexibility index (Phi) is 3.11. The lowest BCUT2D eigenvalue weighted by Crippen LogP contribution is -2.48. The molecule has 1 unspecified atom stereocenters. The van der Waals surface area contributed by atoms with Crippen molar-refractivity contribution in [1.82, 2.24) is 0 Å². The number of hydrogen-bond donors (Lipinski definition) is 1. The van der Waals surface area contributed by atoms with Crippen LogP contribution in [0.5, 0.6) is 11.5 Å². The molecule has 0 fully saturated rings. The number of ether oxygens (including phenoxy) is 1. The Morgan fingerprint density at radius 1 is 1.05 bits per heavy atom. The quantitative estimate of drug-likeness (QED) is 0.748. The van der Waals surface area contributed by atoms with Crippen molar-refractivity contribution in [3.8, 4) is 11.5 Å². The second kappa shape index (κ2) is 4.16. The molecule has 1 aliphatic heterocycles. The third-order valence-corrected chi connectivity index (χ3v) is 5.11. The van der Waals surface area contributed by atoms with Crippen LogP contribution >= 0.6 is 0 Å². The maximum atomic E-state index is 10.2. The maximum Gasteiger partial charge on any atom is 0.127 e. The molecule has 0 aliphatic carbocycles. The van der Waals surface area contributed by atoms with Crippen LogP contribution in [0.25, 0.3) is 0 Å². The molecule has 1 aromatic rings. The zero-order valence-electron chi connectivity index (χ0n) is 13.3. The van der Waals surface area contributed by atoms with Crippen LogP contribution in [0.2, 0.25) is 0 Å². The van der Waals surface area contributed by atoms with Crippen LogP contribution in [0, 0.1) is 26.2 Å². The van der Waals surface area contributed by atoms with Crippen LogP contribution in [-0.2, 0) is 6.42 Å². The smallest absolute Gasteiger partial charge is 0.127 e. The molecule has 0 amide bonds. The normalized spacial score (nSPS) is 22.9. The predicted molar refractivity (Wildman–Crippen MR) is 79.1 cm³/mol. The van der Waals surface area contributed by atoms with E-state index in [-0.39, 0.29) is 11.0 Å². The average Bonchev–Trinajstić information content (AvgIpc) is 2.32. The second-order valence-electron chi connectivity index (χ2n) is 7.11. The molecule has 1 N–H and O–H groups in total. The number of phenolic OH excluding ortho intramolecular Hbond substituents is 1. The Hall–Kier alpha value is -1.18. The summed E-state index contributed by atoms with van der Waals surface area (Å²) in [6, 6.07) is 0. The van der Waals surface area contributed by atoms with E-state index in [2.05, 4.69) is 27.7 Å².